The van der Waals surface area contributed by atoms with E-state index in [1.165, 1.54) is 109 Å². The summed E-state index contributed by atoms with van der Waals surface area (Å²) in [6, 6.07) is 113. The van der Waals surface area contributed by atoms with Crippen LogP contribution >= 0.6 is 35.3 Å². The summed E-state index contributed by atoms with van der Waals surface area (Å²) in [6.45, 7) is 22.2. The molecule has 1 atom stereocenters. The molecule has 3 heterocycles. The number of azide groups is 1. The first kappa shape index (κ1) is 121. The molecule has 25 nitrogen and oxygen atoms in total. The number of nitrogens with two attached hydrogens (primary N) is 1. The standard InChI is InChI=1S/C32H40N8O4.3C21H20S.C11H17N3O.C5H11N3.3C3H7NO/c1-2-3-9-16-39-18-23(35-37-39)20-43-21-24-19-40(38-36-24)17-10-8-15-30(31(33)41)34-32(42)44-22-29-27-13-6-4-11-25(27)26-12-5-7-14-28(26)29;3*1-2-22-21(18-12-6-3-7-13-18,19-14-8-4-9-15-19)20-16-10-5-11-17-20;1-3-5-6-7-14-9-11(12-13-14)10-15-8-4-2;1-2-3-4-5-7-8-6;3*1-3(5)4-2/h4-7,11-14,18-19,29-30H,2-3,8-10,15-17,20-22H2,1H3,(H2,33,41)(H,34,42);3*3-17H,2H2,1H3;2,9H,3,5-8,10H2,1H3;2-5H2,1H3;3*1-2H3,(H,4,5)/t30-;;;;;;;;/m0......../s1. The highest BCUT2D eigenvalue weighted by Crippen LogP contribution is 2.52. The van der Waals surface area contributed by atoms with Gasteiger partial charge in [-0.1, -0.05) is 428 Å². The quantitative estimate of drug-likeness (QED) is 0.00592. The van der Waals surface area contributed by atoms with Crippen LogP contribution in [-0.2, 0) is 87.1 Å². The van der Waals surface area contributed by atoms with E-state index in [0.29, 0.717) is 58.1 Å². The van der Waals surface area contributed by atoms with Crippen LogP contribution < -0.4 is 27.0 Å². The van der Waals surface area contributed by atoms with Crippen molar-refractivity contribution < 1.29 is 38.2 Å². The van der Waals surface area contributed by atoms with E-state index in [4.69, 9.17) is 31.9 Å². The molecule has 0 unspecified atom stereocenters. The Labute approximate surface area is 889 Å². The summed E-state index contributed by atoms with van der Waals surface area (Å²) in [7, 11) is 4.80. The number of alkyl carbamates (subject to hydrolysis) is 1. The van der Waals surface area contributed by atoms with Gasteiger partial charge in [-0.25, -0.2) is 4.79 Å². The van der Waals surface area contributed by atoms with E-state index in [1.807, 2.05) is 87.5 Å². The number of aromatic nitrogens is 9. The lowest BCUT2D eigenvalue weighted by atomic mass is 9.84. The first-order valence-electron chi connectivity index (χ1n) is 50.9. The van der Waals surface area contributed by atoms with Crippen molar-refractivity contribution in [3.05, 3.63) is 429 Å². The number of amides is 5. The molecule has 1 aliphatic rings. The Hall–Kier alpha value is -14.2. The minimum atomic E-state index is -0.824. The topological polar surface area (TPSA) is 328 Å². The van der Waals surface area contributed by atoms with Crippen LogP contribution in [-0.4, -0.2) is 139 Å². The van der Waals surface area contributed by atoms with E-state index >= 15 is 0 Å². The fourth-order valence-electron chi connectivity index (χ4n) is 16.2. The average molecular weight is 2050 g/mol. The fraction of sp³-hybridized carbons (Fsp3) is 0.342. The van der Waals surface area contributed by atoms with Crippen molar-refractivity contribution in [2.24, 2.45) is 10.8 Å². The first-order chi connectivity index (χ1) is 72.2. The van der Waals surface area contributed by atoms with Crippen molar-refractivity contribution in [2.75, 3.05) is 58.2 Å². The van der Waals surface area contributed by atoms with Crippen molar-refractivity contribution >= 4 is 65.0 Å². The zero-order valence-corrected chi connectivity index (χ0v) is 90.4. The van der Waals surface area contributed by atoms with Gasteiger partial charge in [0.25, 0.3) is 0 Å². The molecule has 0 bridgehead atoms. The number of primary amides is 1. The highest BCUT2D eigenvalue weighted by molar-refractivity contribution is 8.01. The lowest BCUT2D eigenvalue weighted by Gasteiger charge is -2.35. The second-order valence-electron chi connectivity index (χ2n) is 34.2. The van der Waals surface area contributed by atoms with Gasteiger partial charge in [-0.15, -0.1) is 57.0 Å². The number of thioether (sulfide) groups is 3. The summed E-state index contributed by atoms with van der Waals surface area (Å²) in [4.78, 5) is 56.4. The summed E-state index contributed by atoms with van der Waals surface area (Å²) in [5.74, 6) is 4.93. The van der Waals surface area contributed by atoms with Gasteiger partial charge in [0.1, 0.15) is 36.3 Å². The molecule has 0 radical (unpaired) electrons. The molecule has 28 heteroatoms. The molecule has 0 aliphatic heterocycles. The van der Waals surface area contributed by atoms with Crippen LogP contribution in [0.4, 0.5) is 4.79 Å². The maximum atomic E-state index is 12.6. The number of ether oxygens (including phenoxy) is 3. The van der Waals surface area contributed by atoms with E-state index in [0.717, 1.165) is 89.7 Å². The maximum Gasteiger partial charge on any atom is 0.407 e. The monoisotopic (exact) mass is 2050 g/mol. The number of carbonyl (C=O) groups excluding carboxylic acids is 5. The lowest BCUT2D eigenvalue weighted by molar-refractivity contribution is -0.120. The minimum Gasteiger partial charge on any atom is -0.449 e. The van der Waals surface area contributed by atoms with Gasteiger partial charge in [-0.05, 0) is 134 Å². The van der Waals surface area contributed by atoms with Crippen LogP contribution in [0, 0.1) is 12.3 Å². The summed E-state index contributed by atoms with van der Waals surface area (Å²) in [5, 5.41) is 37.8. The SMILES string of the molecule is C#CCOCc1cn(CCCCC)nn1.CCCCCN=[N+]=[N-].CCCCCn1cc(COCc2cn(CCCC[C@H](NC(=O)OCC3c4ccccc4-c4ccccc43)C(N)=O)nn2)nn1.CCSC(c1ccccc1)(c1ccccc1)c1ccccc1.CCSC(c1ccccc1)(c1ccccc1)c1ccccc1.CCSC(c1ccccc1)(c1ccccc1)c1ccccc1.CNC(C)=O.CNC(C)=O.CNC(C)=O. The second-order valence-corrected chi connectivity index (χ2v) is 38.6. The molecule has 0 saturated heterocycles. The van der Waals surface area contributed by atoms with Gasteiger partial charge in [0.15, 0.2) is 0 Å². The number of nitrogens with zero attached hydrogens (tertiary/aromatic N) is 12. The van der Waals surface area contributed by atoms with E-state index in [-0.39, 0.29) is 44.5 Å². The van der Waals surface area contributed by atoms with Crippen molar-refractivity contribution in [1.29, 1.82) is 0 Å². The van der Waals surface area contributed by atoms with E-state index in [2.05, 4.69) is 407 Å². The molecule has 6 N–H and O–H groups in total. The van der Waals surface area contributed by atoms with Gasteiger partial charge >= 0.3 is 6.09 Å². The molecular weight excluding hydrogens is 1900 g/mol. The Bertz CT molecular complexity index is 5430. The number of rotatable bonds is 43. The van der Waals surface area contributed by atoms with Gasteiger partial charge < -0.3 is 41.2 Å². The molecule has 0 saturated carbocycles. The first-order valence-corrected chi connectivity index (χ1v) is 53.8. The third-order valence-corrected chi connectivity index (χ3v) is 27.8. The van der Waals surface area contributed by atoms with Crippen molar-refractivity contribution in [3.8, 4) is 23.5 Å². The Morgan fingerprint density at radius 2 is 0.669 bits per heavy atom. The molecule has 0 fully saturated rings. The zero-order chi connectivity index (χ0) is 107. The molecular formula is C120H149N17O8S3. The van der Waals surface area contributed by atoms with Crippen LogP contribution in [0.2, 0.25) is 0 Å². The molecule has 11 aromatic carbocycles. The predicted octanol–water partition coefficient (Wildman–Crippen LogP) is 24.9. The number of hydrogen-bond acceptors (Lipinski definition) is 18. The lowest BCUT2D eigenvalue weighted by Crippen LogP contribution is -2.44. The second kappa shape index (κ2) is 70.6. The van der Waals surface area contributed by atoms with Gasteiger partial charge in [0.05, 0.1) is 52.7 Å². The Balaban J connectivity index is 0.000000246. The van der Waals surface area contributed by atoms with Crippen LogP contribution in [0.15, 0.2) is 345 Å². The normalized spacial score (nSPS) is 11.0. The third-order valence-electron chi connectivity index (χ3n) is 23.5. The van der Waals surface area contributed by atoms with Gasteiger partial charge in [0.2, 0.25) is 23.6 Å². The van der Waals surface area contributed by atoms with Crippen LogP contribution in [0.5, 0.6) is 0 Å². The molecule has 0 spiro atoms. The summed E-state index contributed by atoms with van der Waals surface area (Å²) < 4.78 is 21.4. The highest BCUT2D eigenvalue weighted by atomic mass is 32.2. The number of unbranched alkanes of at least 4 members (excludes halogenated alkanes) is 7. The highest BCUT2D eigenvalue weighted by Gasteiger charge is 2.39. The van der Waals surface area contributed by atoms with Gasteiger partial charge in [0, 0.05) is 78.9 Å². The smallest absolute Gasteiger partial charge is 0.407 e. The van der Waals surface area contributed by atoms with Crippen molar-refractivity contribution in [1.82, 2.24) is 66.2 Å². The average Bonchev–Trinajstić information content (AvgIpc) is 1.09. The molecule has 3 aromatic heterocycles. The van der Waals surface area contributed by atoms with Gasteiger partial charge in [-0.3, -0.25) is 33.2 Å². The number of aryl methyl sites for hydroxylation is 3. The van der Waals surface area contributed by atoms with E-state index in [1.54, 1.807) is 25.8 Å². The molecule has 14 aromatic rings. The number of benzene rings is 11. The van der Waals surface area contributed by atoms with Crippen LogP contribution in [0.1, 0.15) is 224 Å². The number of terminal acetylenes is 1. The zero-order valence-electron chi connectivity index (χ0n) is 88.0. The third kappa shape index (κ3) is 40.2. The molecule has 780 valence electrons. The van der Waals surface area contributed by atoms with Crippen LogP contribution in [0.25, 0.3) is 21.6 Å². The number of carbonyl (C=O) groups is 5. The number of hydrogen-bond donors (Lipinski definition) is 5. The predicted molar refractivity (Wildman–Crippen MR) is 606 cm³/mol. The molecule has 15 rings (SSSR count). The van der Waals surface area contributed by atoms with E-state index in [9.17, 15) is 24.0 Å². The van der Waals surface area contributed by atoms with Crippen molar-refractivity contribution in [2.45, 2.75) is 205 Å². The van der Waals surface area contributed by atoms with Crippen molar-refractivity contribution in [3.63, 3.8) is 0 Å². The maximum absolute atomic E-state index is 12.6. The molecule has 1 aliphatic carbocycles. The Kier molecular flexibility index (Phi) is 57.6. The Morgan fingerprint density at radius 1 is 0.405 bits per heavy atom. The summed E-state index contributed by atoms with van der Waals surface area (Å²) >= 11 is 5.95. The number of fused-ring (bicyclic) bond motifs is 3. The molecule has 5 amide bonds. The number of nitrogens with one attached hydrogen (secondary N) is 4. The molecule has 148 heavy (non-hydrogen) atoms. The van der Waals surface area contributed by atoms with E-state index < -0.39 is 18.0 Å². The minimum absolute atomic E-state index is 0.00463. The summed E-state index contributed by atoms with van der Waals surface area (Å²) in [6.07, 6.45) is 22.2. The Morgan fingerprint density at radius 3 is 0.926 bits per heavy atom. The summed E-state index contributed by atoms with van der Waals surface area (Å²) in [5.41, 5.74) is 32.3. The van der Waals surface area contributed by atoms with Crippen LogP contribution in [0.3, 0.4) is 0 Å². The largest absolute Gasteiger partial charge is 0.449 e. The fourth-order valence-corrected chi connectivity index (χ4v) is 20.2. The van der Waals surface area contributed by atoms with Gasteiger partial charge in [-0.2, -0.15) is 0 Å².